The van der Waals surface area contributed by atoms with Crippen LogP contribution in [0.15, 0.2) is 87.5 Å². The molecule has 0 saturated heterocycles. The molecule has 0 heterocycles. The van der Waals surface area contributed by atoms with Gasteiger partial charge in [-0.25, -0.2) is 8.42 Å². The van der Waals surface area contributed by atoms with E-state index in [1.165, 1.54) is 11.8 Å². The van der Waals surface area contributed by atoms with Crippen molar-refractivity contribution in [1.82, 2.24) is 0 Å². The van der Waals surface area contributed by atoms with Crippen molar-refractivity contribution in [3.63, 3.8) is 0 Å². The van der Waals surface area contributed by atoms with Crippen molar-refractivity contribution >= 4 is 50.8 Å². The highest BCUT2D eigenvalue weighted by atomic mass is 32.2. The molecule has 0 aromatic heterocycles. The van der Waals surface area contributed by atoms with E-state index in [9.17, 15) is 13.2 Å². The largest absolute Gasteiger partial charge is 0.492 e. The number of hydrogen-bond donors (Lipinski definition) is 1. The number of amides is 1. The molecule has 6 nitrogen and oxygen atoms in total. The third-order valence-electron chi connectivity index (χ3n) is 4.72. The number of anilines is 2. The van der Waals surface area contributed by atoms with Gasteiger partial charge in [-0.1, -0.05) is 18.2 Å². The molecule has 1 amide bonds. The van der Waals surface area contributed by atoms with Crippen LogP contribution in [0.4, 0.5) is 11.4 Å². The smallest absolute Gasteiger partial charge is 0.264 e. The van der Waals surface area contributed by atoms with E-state index in [1.807, 2.05) is 37.6 Å². The van der Waals surface area contributed by atoms with Gasteiger partial charge in [0.05, 0.1) is 17.2 Å². The Morgan fingerprint density at radius 1 is 0.939 bits per heavy atom. The van der Waals surface area contributed by atoms with Crippen LogP contribution in [0.25, 0.3) is 0 Å². The van der Waals surface area contributed by atoms with Gasteiger partial charge in [0, 0.05) is 15.5 Å². The number of nitrogens with zero attached hydrogens (tertiary/aromatic N) is 1. The highest BCUT2D eigenvalue weighted by Gasteiger charge is 2.29. The number of benzene rings is 3. The monoisotopic (exact) mass is 502 g/mol. The minimum atomic E-state index is -4.04. The Labute approximate surface area is 203 Å². The minimum absolute atomic E-state index is 0.101. The molecule has 9 heteroatoms. The number of sulfonamides is 1. The summed E-state index contributed by atoms with van der Waals surface area (Å²) in [6.45, 7) is 1.78. The van der Waals surface area contributed by atoms with Crippen molar-refractivity contribution in [2.24, 2.45) is 0 Å². The van der Waals surface area contributed by atoms with E-state index in [0.717, 1.165) is 14.1 Å². The molecule has 0 aliphatic rings. The quantitative estimate of drug-likeness (QED) is 0.376. The number of ether oxygens (including phenoxy) is 1. The lowest BCUT2D eigenvalue weighted by Gasteiger charge is -2.26. The summed E-state index contributed by atoms with van der Waals surface area (Å²) in [6, 6.07) is 20.8. The lowest BCUT2D eigenvalue weighted by Crippen LogP contribution is -2.38. The van der Waals surface area contributed by atoms with Gasteiger partial charge >= 0.3 is 0 Å². The number of hydrogen-bond acceptors (Lipinski definition) is 6. The molecule has 3 aromatic rings. The Balaban J connectivity index is 1.99. The van der Waals surface area contributed by atoms with Crippen molar-refractivity contribution in [2.45, 2.75) is 21.6 Å². The molecule has 0 aliphatic heterocycles. The van der Waals surface area contributed by atoms with Crippen LogP contribution in [0.2, 0.25) is 0 Å². The second-order valence-corrected chi connectivity index (χ2v) is 10.5. The Bertz CT molecular complexity index is 1200. The Kier molecular flexibility index (Phi) is 8.71. The molecule has 33 heavy (non-hydrogen) atoms. The van der Waals surface area contributed by atoms with E-state index in [2.05, 4.69) is 5.32 Å². The molecular formula is C24H26N2O4S3. The van der Waals surface area contributed by atoms with Crippen molar-refractivity contribution in [1.29, 1.82) is 0 Å². The highest BCUT2D eigenvalue weighted by molar-refractivity contribution is 7.98. The summed E-state index contributed by atoms with van der Waals surface area (Å²) in [5, 5.41) is 2.81. The van der Waals surface area contributed by atoms with E-state index in [0.29, 0.717) is 23.7 Å². The summed E-state index contributed by atoms with van der Waals surface area (Å²) in [5.41, 5.74) is 0.910. The third-order valence-corrected chi connectivity index (χ3v) is 7.96. The lowest BCUT2D eigenvalue weighted by molar-refractivity contribution is -0.114. The van der Waals surface area contributed by atoms with Gasteiger partial charge in [0.1, 0.15) is 12.3 Å². The van der Waals surface area contributed by atoms with Gasteiger partial charge in [0.25, 0.3) is 10.0 Å². The molecule has 174 valence electrons. The van der Waals surface area contributed by atoms with Crippen LogP contribution in [0.5, 0.6) is 5.75 Å². The molecule has 0 unspecified atom stereocenters. The molecular weight excluding hydrogens is 476 g/mol. The van der Waals surface area contributed by atoms with E-state index in [4.69, 9.17) is 4.74 Å². The van der Waals surface area contributed by atoms with Crippen molar-refractivity contribution in [2.75, 3.05) is 35.3 Å². The first kappa shape index (κ1) is 25.0. The van der Waals surface area contributed by atoms with E-state index >= 15 is 0 Å². The molecule has 0 atom stereocenters. The zero-order chi connectivity index (χ0) is 23.8. The molecule has 3 aromatic carbocycles. The first-order chi connectivity index (χ1) is 15.9. The summed E-state index contributed by atoms with van der Waals surface area (Å²) in [4.78, 5) is 15.0. The molecule has 0 spiro atoms. The summed E-state index contributed by atoms with van der Waals surface area (Å²) in [7, 11) is -4.04. The molecule has 0 bridgehead atoms. The number of thioether (sulfide) groups is 2. The number of nitrogens with one attached hydrogen (secondary N) is 1. The lowest BCUT2D eigenvalue weighted by atomic mass is 10.3. The number of carbonyl (C=O) groups excluding carboxylic acids is 1. The van der Waals surface area contributed by atoms with Crippen molar-refractivity contribution in [3.05, 3.63) is 72.8 Å². The van der Waals surface area contributed by atoms with Crippen LogP contribution >= 0.6 is 23.5 Å². The van der Waals surface area contributed by atoms with Crippen LogP contribution < -0.4 is 14.4 Å². The number of rotatable bonds is 10. The molecule has 0 fully saturated rings. The zero-order valence-electron chi connectivity index (χ0n) is 18.6. The summed E-state index contributed by atoms with van der Waals surface area (Å²) >= 11 is 3.08. The molecule has 0 radical (unpaired) electrons. The van der Waals surface area contributed by atoms with Crippen LogP contribution in [0, 0.1) is 0 Å². The average Bonchev–Trinajstić information content (AvgIpc) is 2.83. The van der Waals surface area contributed by atoms with Crippen molar-refractivity contribution < 1.29 is 17.9 Å². The maximum Gasteiger partial charge on any atom is 0.264 e. The van der Waals surface area contributed by atoms with Crippen LogP contribution in [-0.2, 0) is 14.8 Å². The van der Waals surface area contributed by atoms with Gasteiger partial charge in [-0.2, -0.15) is 0 Å². The third kappa shape index (κ3) is 6.25. The molecule has 3 rings (SSSR count). The second-order valence-electron chi connectivity index (χ2n) is 6.87. The first-order valence-electron chi connectivity index (χ1n) is 10.2. The zero-order valence-corrected chi connectivity index (χ0v) is 21.1. The predicted octanol–water partition coefficient (Wildman–Crippen LogP) is 5.36. The standard InChI is InChI=1S/C24H26N2O4S3/c1-4-30-23-11-6-5-10-22(23)26(33(28,29)21-14-12-19(31-2)13-15-21)17-24(27)25-18-8-7-9-20(16-18)32-3/h5-16H,4,17H2,1-3H3,(H,25,27). The topological polar surface area (TPSA) is 75.7 Å². The fourth-order valence-corrected chi connectivity index (χ4v) is 5.45. The van der Waals surface area contributed by atoms with E-state index < -0.39 is 22.5 Å². The molecule has 0 aliphatic carbocycles. The SMILES string of the molecule is CCOc1ccccc1N(CC(=O)Nc1cccc(SC)c1)S(=O)(=O)c1ccc(SC)cc1. The van der Waals surface area contributed by atoms with Gasteiger partial charge in [0.2, 0.25) is 5.91 Å². The molecule has 1 N–H and O–H groups in total. The van der Waals surface area contributed by atoms with Gasteiger partial charge < -0.3 is 10.1 Å². The van der Waals surface area contributed by atoms with Crippen LogP contribution in [0.1, 0.15) is 6.92 Å². The van der Waals surface area contributed by atoms with Crippen LogP contribution in [0.3, 0.4) is 0 Å². The molecule has 0 saturated carbocycles. The maximum absolute atomic E-state index is 13.7. The normalized spacial score (nSPS) is 11.1. The minimum Gasteiger partial charge on any atom is -0.492 e. The summed E-state index contributed by atoms with van der Waals surface area (Å²) in [5.74, 6) is -0.0645. The van der Waals surface area contributed by atoms with E-state index in [1.54, 1.807) is 66.4 Å². The first-order valence-corrected chi connectivity index (χ1v) is 14.1. The van der Waals surface area contributed by atoms with Crippen molar-refractivity contribution in [3.8, 4) is 5.75 Å². The average molecular weight is 503 g/mol. The second kappa shape index (κ2) is 11.5. The number of para-hydroxylation sites is 2. The van der Waals surface area contributed by atoms with Gasteiger partial charge in [-0.3, -0.25) is 9.10 Å². The summed E-state index contributed by atoms with van der Waals surface area (Å²) < 4.78 is 34.1. The Morgan fingerprint density at radius 2 is 1.64 bits per heavy atom. The van der Waals surface area contributed by atoms with Gasteiger partial charge in [-0.15, -0.1) is 23.5 Å². The Morgan fingerprint density at radius 3 is 2.30 bits per heavy atom. The highest BCUT2D eigenvalue weighted by Crippen LogP contribution is 2.33. The van der Waals surface area contributed by atoms with Crippen LogP contribution in [-0.4, -0.2) is 40.0 Å². The predicted molar refractivity (Wildman–Crippen MR) is 137 cm³/mol. The van der Waals surface area contributed by atoms with E-state index in [-0.39, 0.29) is 4.90 Å². The van der Waals surface area contributed by atoms with Gasteiger partial charge in [0.15, 0.2) is 0 Å². The fraction of sp³-hybridized carbons (Fsp3) is 0.208. The van der Waals surface area contributed by atoms with Gasteiger partial charge in [-0.05, 0) is 74.0 Å². The maximum atomic E-state index is 13.7. The summed E-state index contributed by atoms with van der Waals surface area (Å²) in [6.07, 6.45) is 3.87. The fourth-order valence-electron chi connectivity index (χ4n) is 3.15. The Hall–Kier alpha value is -2.62. The number of carbonyl (C=O) groups is 1.